The number of aliphatic hydroxyl groups is 1. The summed E-state index contributed by atoms with van der Waals surface area (Å²) in [7, 11) is -1.42. The van der Waals surface area contributed by atoms with Gasteiger partial charge in [0.25, 0.3) is 0 Å². The molecule has 0 rings (SSSR count). The van der Waals surface area contributed by atoms with E-state index in [-0.39, 0.29) is 0 Å². The second kappa shape index (κ2) is 2.98. The largest absolute Gasteiger partial charge is 0.368 e. The molecule has 0 aliphatic heterocycles. The highest BCUT2D eigenvalue weighted by Gasteiger charge is 2.27. The fraction of sp³-hybridized carbons (Fsp3) is 0.750. The Kier molecular flexibility index (Phi) is 2.86. The topological polar surface area (TPSA) is 70.3 Å². The highest BCUT2D eigenvalue weighted by molar-refractivity contribution is 7.41. The van der Waals surface area contributed by atoms with E-state index in [1.807, 2.05) is 0 Å². The molecule has 0 spiro atoms. The summed E-state index contributed by atoms with van der Waals surface area (Å²) < 4.78 is 14.8. The third kappa shape index (κ3) is 2.15. The molecule has 0 heterocycles. The van der Waals surface area contributed by atoms with Gasteiger partial charge in [0.05, 0.1) is 0 Å². The van der Waals surface area contributed by atoms with Crippen LogP contribution in [0.2, 0.25) is 0 Å². The van der Waals surface area contributed by atoms with Gasteiger partial charge in [-0.1, -0.05) is 0 Å². The van der Waals surface area contributed by atoms with Crippen LogP contribution in [0.3, 0.4) is 0 Å². The number of hydrogen-bond donors (Lipinski definition) is 1. The van der Waals surface area contributed by atoms with Gasteiger partial charge in [-0.05, 0) is 6.92 Å². The molecule has 0 aromatic rings. The Labute approximate surface area is 53.9 Å². The molecule has 4 nitrogen and oxygen atoms in total. The Hall–Kier alpha value is -0.360. The minimum atomic E-state index is -2.61. The molecule has 1 N–H and O–H groups in total. The van der Waals surface area contributed by atoms with E-state index in [1.54, 1.807) is 0 Å². The van der Waals surface area contributed by atoms with Crippen molar-refractivity contribution < 1.29 is 14.2 Å². The van der Waals surface area contributed by atoms with E-state index in [4.69, 9.17) is 10.4 Å². The van der Waals surface area contributed by atoms with Crippen molar-refractivity contribution >= 4 is 8.03 Å². The summed E-state index contributed by atoms with van der Waals surface area (Å²) in [6.07, 6.45) is 0. The fourth-order valence-electron chi connectivity index (χ4n) is 0.244. The maximum Gasteiger partial charge on any atom is 0.236 e. The number of hydrogen-bond acceptors (Lipinski definition) is 4. The SMILES string of the molecule is CO[PH](=O)C(C)(O)C#N. The first-order valence-electron chi connectivity index (χ1n) is 2.26. The lowest BCUT2D eigenvalue weighted by Gasteiger charge is -2.10. The minimum absolute atomic E-state index is 1.15. The first-order valence-corrected chi connectivity index (χ1v) is 3.58. The first kappa shape index (κ1) is 8.64. The molecule has 2 atom stereocenters. The van der Waals surface area contributed by atoms with Crippen molar-refractivity contribution in [3.8, 4) is 6.07 Å². The van der Waals surface area contributed by atoms with Gasteiger partial charge < -0.3 is 9.63 Å². The molecule has 52 valence electrons. The monoisotopic (exact) mass is 149 g/mol. The van der Waals surface area contributed by atoms with Crippen LogP contribution in [0, 0.1) is 11.3 Å². The Morgan fingerprint density at radius 2 is 2.33 bits per heavy atom. The molecule has 0 aliphatic carbocycles. The average Bonchev–Trinajstić information content (AvgIpc) is 1.86. The molecule has 0 saturated carbocycles. The van der Waals surface area contributed by atoms with Gasteiger partial charge in [0, 0.05) is 7.11 Å². The molecular formula is C4H8NO3P. The van der Waals surface area contributed by atoms with Crippen LogP contribution in [0.1, 0.15) is 6.92 Å². The van der Waals surface area contributed by atoms with E-state index in [0.29, 0.717) is 0 Å². The summed E-state index contributed by atoms with van der Waals surface area (Å²) in [4.78, 5) is 0. The molecule has 0 bridgehead atoms. The summed E-state index contributed by atoms with van der Waals surface area (Å²) in [6.45, 7) is 1.15. The van der Waals surface area contributed by atoms with Gasteiger partial charge in [-0.2, -0.15) is 5.26 Å². The lowest BCUT2D eigenvalue weighted by Crippen LogP contribution is -2.15. The zero-order valence-corrected chi connectivity index (χ0v) is 6.21. The quantitative estimate of drug-likeness (QED) is 0.454. The summed E-state index contributed by atoms with van der Waals surface area (Å²) in [5.74, 6) is 0. The van der Waals surface area contributed by atoms with Crippen LogP contribution in [0.15, 0.2) is 0 Å². The number of rotatable bonds is 2. The van der Waals surface area contributed by atoms with Crippen molar-refractivity contribution in [3.63, 3.8) is 0 Å². The van der Waals surface area contributed by atoms with Gasteiger partial charge in [0.2, 0.25) is 13.4 Å². The maximum atomic E-state index is 10.6. The Bertz CT molecular complexity index is 160. The molecule has 0 aromatic carbocycles. The van der Waals surface area contributed by atoms with Crippen LogP contribution in [-0.2, 0) is 9.09 Å². The zero-order valence-electron chi connectivity index (χ0n) is 5.21. The van der Waals surface area contributed by atoms with Crippen LogP contribution in [0.5, 0.6) is 0 Å². The lowest BCUT2D eigenvalue weighted by molar-refractivity contribution is 0.185. The Morgan fingerprint density at radius 1 is 1.89 bits per heavy atom. The predicted molar refractivity (Wildman–Crippen MR) is 32.2 cm³/mol. The molecular weight excluding hydrogens is 141 g/mol. The molecule has 0 radical (unpaired) electrons. The Balaban J connectivity index is 4.19. The molecule has 0 amide bonds. The summed E-state index contributed by atoms with van der Waals surface area (Å²) >= 11 is 0. The van der Waals surface area contributed by atoms with E-state index in [9.17, 15) is 4.57 Å². The second-order valence-corrected chi connectivity index (χ2v) is 3.63. The second-order valence-electron chi connectivity index (χ2n) is 1.68. The van der Waals surface area contributed by atoms with Gasteiger partial charge in [0.1, 0.15) is 6.07 Å². The molecule has 5 heteroatoms. The van der Waals surface area contributed by atoms with Gasteiger partial charge in [-0.25, -0.2) is 0 Å². The van der Waals surface area contributed by atoms with E-state index in [0.717, 1.165) is 6.92 Å². The predicted octanol–water partition coefficient (Wildman–Crippen LogP) is 0.340. The zero-order chi connectivity index (χ0) is 7.49. The number of nitrogens with zero attached hydrogens (tertiary/aromatic N) is 1. The van der Waals surface area contributed by atoms with E-state index < -0.39 is 13.4 Å². The summed E-state index contributed by atoms with van der Waals surface area (Å²) in [5, 5.41) is 15.2. The van der Waals surface area contributed by atoms with Gasteiger partial charge in [0.15, 0.2) is 0 Å². The molecule has 0 saturated heterocycles. The summed E-state index contributed by atoms with van der Waals surface area (Å²) in [6, 6.07) is 1.46. The van der Waals surface area contributed by atoms with E-state index >= 15 is 0 Å². The fourth-order valence-corrected chi connectivity index (χ4v) is 0.733. The third-order valence-corrected chi connectivity index (χ3v) is 2.08. The van der Waals surface area contributed by atoms with Crippen molar-refractivity contribution in [2.75, 3.05) is 7.11 Å². The first-order chi connectivity index (χ1) is 4.04. The standard InChI is InChI=1S/C4H8NO3P/c1-4(6,3-5)9(7)8-2/h6,9H,1-2H3. The van der Waals surface area contributed by atoms with Crippen molar-refractivity contribution in [2.24, 2.45) is 0 Å². The summed E-state index contributed by atoms with van der Waals surface area (Å²) in [5.41, 5.74) is 0. The van der Waals surface area contributed by atoms with Crippen LogP contribution in [0.4, 0.5) is 0 Å². The van der Waals surface area contributed by atoms with E-state index in [2.05, 4.69) is 4.52 Å². The highest BCUT2D eigenvalue weighted by Crippen LogP contribution is 2.35. The van der Waals surface area contributed by atoms with Crippen molar-refractivity contribution in [2.45, 2.75) is 12.3 Å². The van der Waals surface area contributed by atoms with Gasteiger partial charge in [-0.15, -0.1) is 0 Å². The van der Waals surface area contributed by atoms with Crippen LogP contribution >= 0.6 is 8.03 Å². The molecule has 0 aliphatic rings. The molecule has 0 fully saturated rings. The lowest BCUT2D eigenvalue weighted by atomic mass is 10.5. The molecule has 0 aromatic heterocycles. The molecule has 9 heavy (non-hydrogen) atoms. The smallest absolute Gasteiger partial charge is 0.236 e. The van der Waals surface area contributed by atoms with Crippen LogP contribution in [-0.4, -0.2) is 17.6 Å². The minimum Gasteiger partial charge on any atom is -0.368 e. The number of nitriles is 1. The van der Waals surface area contributed by atoms with E-state index in [1.165, 1.54) is 13.2 Å². The maximum absolute atomic E-state index is 10.6. The van der Waals surface area contributed by atoms with Crippen LogP contribution in [0.25, 0.3) is 0 Å². The molecule has 2 unspecified atom stereocenters. The Morgan fingerprint density at radius 3 is 2.44 bits per heavy atom. The third-order valence-electron chi connectivity index (χ3n) is 0.801. The van der Waals surface area contributed by atoms with Crippen LogP contribution < -0.4 is 0 Å². The highest BCUT2D eigenvalue weighted by atomic mass is 31.1. The normalized spacial score (nSPS) is 19.8. The van der Waals surface area contributed by atoms with Crippen molar-refractivity contribution in [1.29, 1.82) is 5.26 Å². The average molecular weight is 149 g/mol. The van der Waals surface area contributed by atoms with Crippen molar-refractivity contribution in [1.82, 2.24) is 0 Å². The van der Waals surface area contributed by atoms with Gasteiger partial charge >= 0.3 is 0 Å². The van der Waals surface area contributed by atoms with Crippen molar-refractivity contribution in [3.05, 3.63) is 0 Å². The van der Waals surface area contributed by atoms with Gasteiger partial charge in [-0.3, -0.25) is 4.57 Å².